The molecule has 18 heavy (non-hydrogen) atoms. The Bertz CT molecular complexity index is 402. The maximum Gasteiger partial charge on any atom is 0.0954 e. The molecule has 3 nitrogen and oxygen atoms in total. The second kappa shape index (κ2) is 6.32. The monoisotopic (exact) mass is 251 g/mol. The molecule has 102 valence electrons. The molecule has 0 fully saturated rings. The Morgan fingerprint density at radius 3 is 2.17 bits per heavy atom. The second-order valence-corrected chi connectivity index (χ2v) is 5.10. The number of hydrogen-bond donors (Lipinski definition) is 2. The van der Waals surface area contributed by atoms with Crippen molar-refractivity contribution in [3.63, 3.8) is 0 Å². The number of rotatable bonds is 5. The zero-order chi connectivity index (χ0) is 13.9. The van der Waals surface area contributed by atoms with Crippen LogP contribution in [0.4, 0.5) is 0 Å². The second-order valence-electron chi connectivity index (χ2n) is 5.10. The summed E-state index contributed by atoms with van der Waals surface area (Å²) in [6, 6.07) is 4.29. The molecule has 3 N–H and O–H groups in total. The molecule has 0 aliphatic heterocycles. The van der Waals surface area contributed by atoms with Crippen molar-refractivity contribution >= 4 is 0 Å². The van der Waals surface area contributed by atoms with Gasteiger partial charge in [0.05, 0.1) is 18.3 Å². The van der Waals surface area contributed by atoms with Crippen LogP contribution >= 0.6 is 0 Å². The van der Waals surface area contributed by atoms with Gasteiger partial charge in [0, 0.05) is 6.54 Å². The van der Waals surface area contributed by atoms with Crippen LogP contribution in [0.5, 0.6) is 0 Å². The Labute approximate surface area is 110 Å². The van der Waals surface area contributed by atoms with Crippen LogP contribution in [0.3, 0.4) is 0 Å². The smallest absolute Gasteiger partial charge is 0.0954 e. The normalized spacial score (nSPS) is 16.4. The van der Waals surface area contributed by atoms with Gasteiger partial charge in [0.25, 0.3) is 0 Å². The van der Waals surface area contributed by atoms with Crippen molar-refractivity contribution in [1.82, 2.24) is 0 Å². The minimum Gasteiger partial charge on any atom is -0.391 e. The van der Waals surface area contributed by atoms with E-state index in [2.05, 4.69) is 32.9 Å². The summed E-state index contributed by atoms with van der Waals surface area (Å²) >= 11 is 0. The first kappa shape index (κ1) is 15.2. The van der Waals surface area contributed by atoms with E-state index < -0.39 is 6.10 Å². The number of ether oxygens (including phenoxy) is 1. The molecule has 0 aromatic heterocycles. The first-order valence-electron chi connectivity index (χ1n) is 6.48. The van der Waals surface area contributed by atoms with Crippen molar-refractivity contribution in [3.05, 3.63) is 34.4 Å². The maximum absolute atomic E-state index is 9.51. The number of nitrogens with two attached hydrogens (primary N) is 1. The largest absolute Gasteiger partial charge is 0.391 e. The molecule has 0 bridgehead atoms. The molecule has 1 rings (SSSR count). The first-order chi connectivity index (χ1) is 8.36. The minimum absolute atomic E-state index is 0.158. The van der Waals surface area contributed by atoms with Gasteiger partial charge in [-0.25, -0.2) is 0 Å². The van der Waals surface area contributed by atoms with Crippen LogP contribution in [0.25, 0.3) is 0 Å². The predicted molar refractivity (Wildman–Crippen MR) is 74.7 cm³/mol. The molecule has 0 spiro atoms. The van der Waals surface area contributed by atoms with Crippen LogP contribution in [0.2, 0.25) is 0 Å². The molecule has 0 aliphatic carbocycles. The number of aliphatic hydroxyl groups excluding tert-OH is 1. The van der Waals surface area contributed by atoms with Gasteiger partial charge in [0.2, 0.25) is 0 Å². The summed E-state index contributed by atoms with van der Waals surface area (Å²) in [6.07, 6.45) is -0.876. The van der Waals surface area contributed by atoms with E-state index in [1.807, 2.05) is 6.92 Å². The van der Waals surface area contributed by atoms with Crippen molar-refractivity contribution in [1.29, 1.82) is 0 Å². The highest BCUT2D eigenvalue weighted by Crippen LogP contribution is 2.25. The highest BCUT2D eigenvalue weighted by Gasteiger charge is 2.19. The molecule has 0 saturated heterocycles. The Morgan fingerprint density at radius 1 is 1.11 bits per heavy atom. The van der Waals surface area contributed by atoms with E-state index in [1.165, 1.54) is 16.7 Å². The Morgan fingerprint density at radius 2 is 1.67 bits per heavy atom. The van der Waals surface area contributed by atoms with Gasteiger partial charge in [-0.1, -0.05) is 12.1 Å². The third-order valence-corrected chi connectivity index (χ3v) is 3.50. The molecular formula is C15H25NO2. The van der Waals surface area contributed by atoms with E-state index in [0.717, 1.165) is 5.56 Å². The molecule has 0 heterocycles. The summed E-state index contributed by atoms with van der Waals surface area (Å²) in [6.45, 7) is 10.3. The van der Waals surface area contributed by atoms with Crippen molar-refractivity contribution in [2.45, 2.75) is 52.9 Å². The van der Waals surface area contributed by atoms with Crippen LogP contribution in [0.1, 0.15) is 42.2 Å². The SMILES string of the molecule is Cc1cc(C)c(C(CN)OC(C)C(C)O)cc1C. The average molecular weight is 251 g/mol. The van der Waals surface area contributed by atoms with Crippen molar-refractivity contribution in [2.75, 3.05) is 6.54 Å². The third-order valence-electron chi connectivity index (χ3n) is 3.50. The molecule has 0 aliphatic rings. The lowest BCUT2D eigenvalue weighted by Gasteiger charge is -2.25. The van der Waals surface area contributed by atoms with E-state index in [4.69, 9.17) is 10.5 Å². The van der Waals surface area contributed by atoms with Gasteiger partial charge in [-0.15, -0.1) is 0 Å². The standard InChI is InChI=1S/C15H25NO2/c1-9-6-11(3)14(7-10(9)2)15(8-16)18-13(5)12(4)17/h6-7,12-13,15,17H,8,16H2,1-5H3. The van der Waals surface area contributed by atoms with Crippen LogP contribution in [0.15, 0.2) is 12.1 Å². The summed E-state index contributed by atoms with van der Waals surface area (Å²) in [7, 11) is 0. The highest BCUT2D eigenvalue weighted by molar-refractivity contribution is 5.37. The highest BCUT2D eigenvalue weighted by atomic mass is 16.5. The van der Waals surface area contributed by atoms with E-state index in [-0.39, 0.29) is 12.2 Å². The minimum atomic E-state index is -0.495. The van der Waals surface area contributed by atoms with Gasteiger partial charge >= 0.3 is 0 Å². The summed E-state index contributed by atoms with van der Waals surface area (Å²) in [5.74, 6) is 0. The lowest BCUT2D eigenvalue weighted by atomic mass is 9.97. The molecule has 3 atom stereocenters. The Kier molecular flexibility index (Phi) is 5.32. The molecule has 3 heteroatoms. The summed E-state index contributed by atoms with van der Waals surface area (Å²) in [5, 5.41) is 9.51. The molecule has 0 radical (unpaired) electrons. The van der Waals surface area contributed by atoms with Crippen LogP contribution in [-0.2, 0) is 4.74 Å². The fourth-order valence-electron chi connectivity index (χ4n) is 1.96. The molecule has 1 aromatic rings. The van der Waals surface area contributed by atoms with Crippen molar-refractivity contribution in [2.24, 2.45) is 5.73 Å². The fraction of sp³-hybridized carbons (Fsp3) is 0.600. The molecule has 0 saturated carbocycles. The zero-order valence-corrected chi connectivity index (χ0v) is 12.0. The maximum atomic E-state index is 9.51. The summed E-state index contributed by atoms with van der Waals surface area (Å²) in [5.41, 5.74) is 10.6. The fourth-order valence-corrected chi connectivity index (χ4v) is 1.96. The van der Waals surface area contributed by atoms with Gasteiger partial charge in [-0.05, 0) is 56.9 Å². The van der Waals surface area contributed by atoms with Gasteiger partial charge in [0.1, 0.15) is 0 Å². The van der Waals surface area contributed by atoms with Crippen molar-refractivity contribution in [3.8, 4) is 0 Å². The number of hydrogen-bond acceptors (Lipinski definition) is 3. The van der Waals surface area contributed by atoms with E-state index in [1.54, 1.807) is 6.92 Å². The van der Waals surface area contributed by atoms with E-state index in [0.29, 0.717) is 6.54 Å². The first-order valence-corrected chi connectivity index (χ1v) is 6.48. The number of benzene rings is 1. The van der Waals surface area contributed by atoms with Gasteiger partial charge in [-0.2, -0.15) is 0 Å². The van der Waals surface area contributed by atoms with E-state index in [9.17, 15) is 5.11 Å². The molecular weight excluding hydrogens is 226 g/mol. The molecule has 3 unspecified atom stereocenters. The number of aryl methyl sites for hydroxylation is 3. The summed E-state index contributed by atoms with van der Waals surface area (Å²) in [4.78, 5) is 0. The van der Waals surface area contributed by atoms with Crippen LogP contribution < -0.4 is 5.73 Å². The quantitative estimate of drug-likeness (QED) is 0.845. The van der Waals surface area contributed by atoms with Crippen molar-refractivity contribution < 1.29 is 9.84 Å². The summed E-state index contributed by atoms with van der Waals surface area (Å²) < 4.78 is 5.85. The van der Waals surface area contributed by atoms with Crippen LogP contribution in [-0.4, -0.2) is 23.9 Å². The predicted octanol–water partition coefficient (Wildman–Crippen LogP) is 2.40. The Hall–Kier alpha value is -0.900. The zero-order valence-electron chi connectivity index (χ0n) is 12.0. The molecule has 0 amide bonds. The average Bonchev–Trinajstić information content (AvgIpc) is 2.30. The van der Waals surface area contributed by atoms with Gasteiger partial charge in [0.15, 0.2) is 0 Å². The lowest BCUT2D eigenvalue weighted by molar-refractivity contribution is -0.0593. The van der Waals surface area contributed by atoms with Gasteiger partial charge in [-0.3, -0.25) is 0 Å². The van der Waals surface area contributed by atoms with Gasteiger partial charge < -0.3 is 15.6 Å². The topological polar surface area (TPSA) is 55.5 Å². The third kappa shape index (κ3) is 3.55. The molecule has 1 aromatic carbocycles. The van der Waals surface area contributed by atoms with E-state index >= 15 is 0 Å². The lowest BCUT2D eigenvalue weighted by Crippen LogP contribution is -2.28. The number of aliphatic hydroxyl groups is 1. The van der Waals surface area contributed by atoms with Crippen LogP contribution in [0, 0.1) is 20.8 Å². The Balaban J connectivity index is 2.98.